The molecule has 0 unspecified atom stereocenters. The van der Waals surface area contributed by atoms with Gasteiger partial charge in [0.1, 0.15) is 0 Å². The van der Waals surface area contributed by atoms with E-state index in [1.54, 1.807) is 0 Å². The van der Waals surface area contributed by atoms with Crippen LogP contribution in [0.5, 0.6) is 0 Å². The molecule has 5 heteroatoms. The van der Waals surface area contributed by atoms with Crippen LogP contribution in [0.3, 0.4) is 0 Å². The van der Waals surface area contributed by atoms with Crippen LogP contribution >= 0.6 is 0 Å². The Morgan fingerprint density at radius 2 is 2.17 bits per heavy atom. The van der Waals surface area contributed by atoms with Gasteiger partial charge < -0.3 is 20.9 Å². The van der Waals surface area contributed by atoms with Gasteiger partial charge in [0.25, 0.3) is 0 Å². The predicted molar refractivity (Wildman–Crippen MR) is 45.1 cm³/mol. The highest BCUT2D eigenvalue weighted by molar-refractivity contribution is 5.64. The minimum Gasteiger partial charge on any atom is -0.465 e. The van der Waals surface area contributed by atoms with Crippen LogP contribution in [0.25, 0.3) is 0 Å². The Morgan fingerprint density at radius 3 is 2.75 bits per heavy atom. The Labute approximate surface area is 71.9 Å². The topological polar surface area (TPSA) is 84.6 Å². The lowest BCUT2D eigenvalue weighted by Crippen LogP contribution is -2.22. The average Bonchev–Trinajstić information content (AvgIpc) is 2.02. The van der Waals surface area contributed by atoms with Crippen molar-refractivity contribution in [2.45, 2.75) is 12.8 Å². The number of carboxylic acid groups (broad SMARTS) is 1. The van der Waals surface area contributed by atoms with Crippen molar-refractivity contribution in [1.29, 1.82) is 0 Å². The van der Waals surface area contributed by atoms with E-state index >= 15 is 0 Å². The molecule has 0 atom stereocenters. The number of ether oxygens (including phenoxy) is 1. The molecule has 0 saturated carbocycles. The maximum absolute atomic E-state index is 9.98. The van der Waals surface area contributed by atoms with Crippen molar-refractivity contribution < 1.29 is 14.6 Å². The molecule has 12 heavy (non-hydrogen) atoms. The third-order valence-electron chi connectivity index (χ3n) is 1.25. The highest BCUT2D eigenvalue weighted by atomic mass is 16.5. The smallest absolute Gasteiger partial charge is 0.404 e. The first-order chi connectivity index (χ1) is 5.77. The van der Waals surface area contributed by atoms with Crippen molar-refractivity contribution in [3.8, 4) is 0 Å². The van der Waals surface area contributed by atoms with Gasteiger partial charge in [0.2, 0.25) is 0 Å². The second-order valence-corrected chi connectivity index (χ2v) is 2.34. The van der Waals surface area contributed by atoms with Crippen molar-refractivity contribution in [1.82, 2.24) is 5.32 Å². The van der Waals surface area contributed by atoms with Gasteiger partial charge in [-0.1, -0.05) is 0 Å². The molecule has 0 heterocycles. The Balaban J connectivity index is 2.86. The number of nitrogens with two attached hydrogens (primary N) is 1. The van der Waals surface area contributed by atoms with Crippen LogP contribution in [0.4, 0.5) is 4.79 Å². The average molecular weight is 176 g/mol. The predicted octanol–water partition coefficient (Wildman–Crippen LogP) is 0.00950. The standard InChI is InChI=1S/C7H16N2O3/c8-3-6-12-5-2-1-4-9-7(10)11/h9H,1-6,8H2,(H,10,11). The summed E-state index contributed by atoms with van der Waals surface area (Å²) >= 11 is 0. The molecular formula is C7H16N2O3. The maximum Gasteiger partial charge on any atom is 0.404 e. The van der Waals surface area contributed by atoms with E-state index in [2.05, 4.69) is 5.32 Å². The molecule has 0 aliphatic rings. The lowest BCUT2D eigenvalue weighted by molar-refractivity contribution is 0.137. The second-order valence-electron chi connectivity index (χ2n) is 2.34. The highest BCUT2D eigenvalue weighted by Gasteiger charge is 1.92. The quantitative estimate of drug-likeness (QED) is 0.477. The van der Waals surface area contributed by atoms with E-state index < -0.39 is 6.09 Å². The number of hydrogen-bond donors (Lipinski definition) is 3. The number of rotatable bonds is 7. The zero-order valence-corrected chi connectivity index (χ0v) is 7.08. The summed E-state index contributed by atoms with van der Waals surface area (Å²) in [5, 5.41) is 10.5. The number of nitrogens with one attached hydrogen (secondary N) is 1. The van der Waals surface area contributed by atoms with E-state index in [4.69, 9.17) is 15.6 Å². The Hall–Kier alpha value is -0.810. The fourth-order valence-corrected chi connectivity index (χ4v) is 0.710. The van der Waals surface area contributed by atoms with E-state index in [9.17, 15) is 4.79 Å². The van der Waals surface area contributed by atoms with Crippen LogP contribution in [-0.2, 0) is 4.74 Å². The normalized spacial score (nSPS) is 9.75. The number of unbranched alkanes of at least 4 members (excludes halogenated alkanes) is 1. The summed E-state index contributed by atoms with van der Waals surface area (Å²) in [7, 11) is 0. The molecule has 5 nitrogen and oxygen atoms in total. The van der Waals surface area contributed by atoms with Crippen molar-refractivity contribution >= 4 is 6.09 Å². The Bertz CT molecular complexity index is 119. The first-order valence-electron chi connectivity index (χ1n) is 4.02. The molecule has 0 spiro atoms. The molecule has 0 aromatic heterocycles. The zero-order valence-electron chi connectivity index (χ0n) is 7.08. The Morgan fingerprint density at radius 1 is 1.42 bits per heavy atom. The zero-order chi connectivity index (χ0) is 9.23. The molecule has 4 N–H and O–H groups in total. The van der Waals surface area contributed by atoms with Crippen LogP contribution < -0.4 is 11.1 Å². The van der Waals surface area contributed by atoms with Gasteiger partial charge in [-0.25, -0.2) is 4.79 Å². The van der Waals surface area contributed by atoms with Gasteiger partial charge in [-0.15, -0.1) is 0 Å². The number of hydrogen-bond acceptors (Lipinski definition) is 3. The summed E-state index contributed by atoms with van der Waals surface area (Å²) in [4.78, 5) is 9.98. The van der Waals surface area contributed by atoms with Crippen LogP contribution in [-0.4, -0.2) is 37.5 Å². The Kier molecular flexibility index (Phi) is 7.73. The number of amides is 1. The van der Waals surface area contributed by atoms with Crippen LogP contribution in [0.15, 0.2) is 0 Å². The third-order valence-corrected chi connectivity index (χ3v) is 1.25. The number of carbonyl (C=O) groups is 1. The highest BCUT2D eigenvalue weighted by Crippen LogP contribution is 1.87. The van der Waals surface area contributed by atoms with E-state index in [-0.39, 0.29) is 0 Å². The minimum atomic E-state index is -0.974. The third kappa shape index (κ3) is 9.19. The van der Waals surface area contributed by atoms with E-state index in [0.717, 1.165) is 12.8 Å². The molecule has 72 valence electrons. The molecule has 0 rings (SSSR count). The van der Waals surface area contributed by atoms with Gasteiger partial charge in [-0.3, -0.25) is 0 Å². The lowest BCUT2D eigenvalue weighted by atomic mass is 10.3. The molecule has 0 aromatic carbocycles. The van der Waals surface area contributed by atoms with Gasteiger partial charge in [0.15, 0.2) is 0 Å². The summed E-state index contributed by atoms with van der Waals surface area (Å²) in [6.07, 6.45) is 0.690. The van der Waals surface area contributed by atoms with Crippen molar-refractivity contribution in [2.75, 3.05) is 26.3 Å². The maximum atomic E-state index is 9.98. The minimum absolute atomic E-state index is 0.487. The van der Waals surface area contributed by atoms with E-state index in [1.165, 1.54) is 0 Å². The molecule has 0 bridgehead atoms. The lowest BCUT2D eigenvalue weighted by Gasteiger charge is -2.02. The second kappa shape index (κ2) is 8.29. The fourth-order valence-electron chi connectivity index (χ4n) is 0.710. The molecule has 0 radical (unpaired) electrons. The summed E-state index contributed by atoms with van der Waals surface area (Å²) in [6.45, 7) is 2.25. The van der Waals surface area contributed by atoms with Gasteiger partial charge in [0, 0.05) is 19.7 Å². The van der Waals surface area contributed by atoms with Crippen LogP contribution in [0, 0.1) is 0 Å². The van der Waals surface area contributed by atoms with E-state index in [1.807, 2.05) is 0 Å². The van der Waals surface area contributed by atoms with Gasteiger partial charge in [0.05, 0.1) is 6.61 Å². The summed E-state index contributed by atoms with van der Waals surface area (Å²) in [6, 6.07) is 0. The summed E-state index contributed by atoms with van der Waals surface area (Å²) in [5.74, 6) is 0. The van der Waals surface area contributed by atoms with Crippen molar-refractivity contribution in [2.24, 2.45) is 5.73 Å². The van der Waals surface area contributed by atoms with Crippen LogP contribution in [0.1, 0.15) is 12.8 Å². The summed E-state index contributed by atoms with van der Waals surface area (Å²) < 4.78 is 5.09. The van der Waals surface area contributed by atoms with Crippen LogP contribution in [0.2, 0.25) is 0 Å². The molecule has 1 amide bonds. The van der Waals surface area contributed by atoms with E-state index in [0.29, 0.717) is 26.3 Å². The van der Waals surface area contributed by atoms with Gasteiger partial charge in [-0.05, 0) is 12.8 Å². The summed E-state index contributed by atoms with van der Waals surface area (Å²) in [5.41, 5.74) is 5.19. The molecule has 0 aromatic rings. The fraction of sp³-hybridized carbons (Fsp3) is 0.857. The van der Waals surface area contributed by atoms with Crippen molar-refractivity contribution in [3.05, 3.63) is 0 Å². The van der Waals surface area contributed by atoms with Gasteiger partial charge >= 0.3 is 6.09 Å². The first kappa shape index (κ1) is 11.2. The molecule has 0 fully saturated rings. The monoisotopic (exact) mass is 176 g/mol. The SMILES string of the molecule is NCCOCCCCNC(=O)O. The first-order valence-corrected chi connectivity index (χ1v) is 4.02. The molecule has 0 aliphatic carbocycles. The molecule has 0 aliphatic heterocycles. The largest absolute Gasteiger partial charge is 0.465 e. The molecule has 0 saturated heterocycles. The van der Waals surface area contributed by atoms with Gasteiger partial charge in [-0.2, -0.15) is 0 Å². The van der Waals surface area contributed by atoms with Crippen molar-refractivity contribution in [3.63, 3.8) is 0 Å². The molecular weight excluding hydrogens is 160 g/mol.